The van der Waals surface area contributed by atoms with Crippen LogP contribution >= 0.6 is 0 Å². The van der Waals surface area contributed by atoms with E-state index in [2.05, 4.69) is 10.3 Å². The topological polar surface area (TPSA) is 67.2 Å². The van der Waals surface area contributed by atoms with Crippen LogP contribution in [0.2, 0.25) is 0 Å². The van der Waals surface area contributed by atoms with Crippen molar-refractivity contribution in [3.05, 3.63) is 18.2 Å². The lowest BCUT2D eigenvalue weighted by Gasteiger charge is -2.32. The summed E-state index contributed by atoms with van der Waals surface area (Å²) in [6.07, 6.45) is 1.59. The van der Waals surface area contributed by atoms with E-state index in [1.54, 1.807) is 6.92 Å². The van der Waals surface area contributed by atoms with Crippen molar-refractivity contribution in [2.75, 3.05) is 0 Å². The number of hydrogen-bond donors (Lipinski definition) is 2. The highest BCUT2D eigenvalue weighted by Crippen LogP contribution is 2.40. The van der Waals surface area contributed by atoms with Crippen molar-refractivity contribution in [1.29, 1.82) is 0 Å². The molecule has 0 aliphatic heterocycles. The molecule has 1 aromatic rings. The van der Waals surface area contributed by atoms with Gasteiger partial charge in [-0.2, -0.15) is 13.2 Å². The number of nitrogens with one attached hydrogen (secondary N) is 1. The molecule has 1 aromatic heterocycles. The molecule has 5 nitrogen and oxygen atoms in total. The van der Waals surface area contributed by atoms with Crippen molar-refractivity contribution in [3.8, 4) is 0 Å². The van der Waals surface area contributed by atoms with Crippen LogP contribution < -0.4 is 5.32 Å². The van der Waals surface area contributed by atoms with Gasteiger partial charge in [0.15, 0.2) is 5.82 Å². The van der Waals surface area contributed by atoms with Gasteiger partial charge in [0.25, 0.3) is 0 Å². The molecule has 1 aliphatic carbocycles. The minimum Gasteiger partial charge on any atom is -0.374 e. The van der Waals surface area contributed by atoms with Crippen molar-refractivity contribution < 1.29 is 23.1 Å². The maximum Gasteiger partial charge on any atom is 0.425 e. The van der Waals surface area contributed by atoms with Gasteiger partial charge < -0.3 is 15.0 Å². The van der Waals surface area contributed by atoms with Gasteiger partial charge in [-0.1, -0.05) is 19.3 Å². The maximum atomic E-state index is 13.4. The second kappa shape index (κ2) is 7.13. The molecule has 0 radical (unpaired) electrons. The molecule has 0 spiro atoms. The minimum absolute atomic E-state index is 0.211. The third-order valence-electron chi connectivity index (χ3n) is 4.82. The Labute approximate surface area is 139 Å². The summed E-state index contributed by atoms with van der Waals surface area (Å²) in [5.74, 6) is -1.14. The van der Waals surface area contributed by atoms with E-state index in [0.717, 1.165) is 42.9 Å². The van der Waals surface area contributed by atoms with Crippen LogP contribution in [0.5, 0.6) is 0 Å². The number of carbonyl (C=O) groups excluding carboxylic acids is 1. The van der Waals surface area contributed by atoms with Gasteiger partial charge in [-0.25, -0.2) is 4.98 Å². The van der Waals surface area contributed by atoms with Crippen LogP contribution in [0.4, 0.5) is 13.2 Å². The molecule has 2 unspecified atom stereocenters. The van der Waals surface area contributed by atoms with Gasteiger partial charge in [0.1, 0.15) is 0 Å². The number of imidazole rings is 1. The van der Waals surface area contributed by atoms with E-state index < -0.39 is 29.9 Å². The zero-order chi connectivity index (χ0) is 18.0. The summed E-state index contributed by atoms with van der Waals surface area (Å²) in [6, 6.07) is -0.211. The van der Waals surface area contributed by atoms with Crippen LogP contribution in [0.25, 0.3) is 0 Å². The molecular weight excluding hydrogens is 323 g/mol. The van der Waals surface area contributed by atoms with Gasteiger partial charge >= 0.3 is 6.18 Å². The molecule has 1 fully saturated rings. The zero-order valence-electron chi connectivity index (χ0n) is 13.9. The summed E-state index contributed by atoms with van der Waals surface area (Å²) < 4.78 is 41.3. The Kier molecular flexibility index (Phi) is 5.57. The Hall–Kier alpha value is -1.57. The average molecular weight is 347 g/mol. The Morgan fingerprint density at radius 3 is 2.54 bits per heavy atom. The summed E-state index contributed by atoms with van der Waals surface area (Å²) in [6.45, 7) is 1.81. The number of amides is 1. The van der Waals surface area contributed by atoms with Crippen molar-refractivity contribution in [3.63, 3.8) is 0 Å². The Balaban J connectivity index is 2.09. The standard InChI is InChI=1S/C16H24F3N3O2/c1-11(12-6-4-3-5-7-12)21-13(23)10-15(24,16(17,18)19)14-20-8-9-22(14)2/h8-9,11-12,24H,3-7,10H2,1-2H3,(H,21,23). The molecule has 1 amide bonds. The fraction of sp³-hybridized carbons (Fsp3) is 0.750. The van der Waals surface area contributed by atoms with Crippen molar-refractivity contribution in [2.45, 2.75) is 63.3 Å². The fourth-order valence-corrected chi connectivity index (χ4v) is 3.36. The third-order valence-corrected chi connectivity index (χ3v) is 4.82. The van der Waals surface area contributed by atoms with Crippen LogP contribution in [0.15, 0.2) is 12.4 Å². The van der Waals surface area contributed by atoms with E-state index in [9.17, 15) is 23.1 Å². The molecule has 0 aromatic carbocycles. The summed E-state index contributed by atoms with van der Waals surface area (Å²) in [7, 11) is 1.35. The molecule has 2 N–H and O–H groups in total. The summed E-state index contributed by atoms with van der Waals surface area (Å²) >= 11 is 0. The first kappa shape index (κ1) is 18.8. The average Bonchev–Trinajstić information content (AvgIpc) is 2.93. The smallest absolute Gasteiger partial charge is 0.374 e. The normalized spacial score (nSPS) is 20.4. The number of aliphatic hydroxyl groups is 1. The van der Waals surface area contributed by atoms with E-state index in [-0.39, 0.29) is 12.0 Å². The second-order valence-corrected chi connectivity index (χ2v) is 6.65. The van der Waals surface area contributed by atoms with Crippen molar-refractivity contribution in [1.82, 2.24) is 14.9 Å². The van der Waals surface area contributed by atoms with E-state index >= 15 is 0 Å². The molecule has 1 saturated carbocycles. The first-order valence-corrected chi connectivity index (χ1v) is 8.21. The number of hydrogen-bond acceptors (Lipinski definition) is 3. The number of alkyl halides is 3. The fourth-order valence-electron chi connectivity index (χ4n) is 3.36. The van der Waals surface area contributed by atoms with Crippen LogP contribution in [-0.2, 0) is 17.4 Å². The van der Waals surface area contributed by atoms with Crippen LogP contribution in [-0.4, -0.2) is 32.8 Å². The molecule has 2 atom stereocenters. The molecule has 8 heteroatoms. The molecule has 24 heavy (non-hydrogen) atoms. The Bertz CT molecular complexity index is 567. The summed E-state index contributed by atoms with van der Waals surface area (Å²) in [5.41, 5.74) is -3.30. The lowest BCUT2D eigenvalue weighted by molar-refractivity contribution is -0.271. The van der Waals surface area contributed by atoms with Gasteiger partial charge in [0.05, 0.1) is 6.42 Å². The quantitative estimate of drug-likeness (QED) is 0.860. The predicted octanol–water partition coefficient (Wildman–Crippen LogP) is 2.65. The first-order valence-electron chi connectivity index (χ1n) is 8.21. The van der Waals surface area contributed by atoms with Crippen molar-refractivity contribution >= 4 is 5.91 Å². The van der Waals surface area contributed by atoms with E-state index in [0.29, 0.717) is 0 Å². The Morgan fingerprint density at radius 2 is 2.04 bits per heavy atom. The van der Waals surface area contributed by atoms with E-state index in [1.807, 2.05) is 0 Å². The number of aryl methyl sites for hydroxylation is 1. The van der Waals surface area contributed by atoms with Gasteiger partial charge in [-0.15, -0.1) is 0 Å². The predicted molar refractivity (Wildman–Crippen MR) is 82.0 cm³/mol. The van der Waals surface area contributed by atoms with Gasteiger partial charge in [0, 0.05) is 25.5 Å². The molecule has 1 heterocycles. The third kappa shape index (κ3) is 3.91. The molecule has 0 bridgehead atoms. The monoisotopic (exact) mass is 347 g/mol. The molecule has 1 aliphatic rings. The highest BCUT2D eigenvalue weighted by Gasteiger charge is 2.58. The van der Waals surface area contributed by atoms with Crippen molar-refractivity contribution in [2.24, 2.45) is 13.0 Å². The second-order valence-electron chi connectivity index (χ2n) is 6.65. The van der Waals surface area contributed by atoms with E-state index in [4.69, 9.17) is 0 Å². The molecule has 0 saturated heterocycles. The number of aromatic nitrogens is 2. The van der Waals surface area contributed by atoms with Crippen LogP contribution in [0, 0.1) is 5.92 Å². The molecule has 2 rings (SSSR count). The SMILES string of the molecule is CC(NC(=O)CC(O)(c1nccn1C)C(F)(F)F)C1CCCCC1. The van der Waals surface area contributed by atoms with E-state index in [1.165, 1.54) is 13.2 Å². The van der Waals surface area contributed by atoms with Crippen LogP contribution in [0.1, 0.15) is 51.3 Å². The highest BCUT2D eigenvalue weighted by atomic mass is 19.4. The minimum atomic E-state index is -5.00. The number of carbonyl (C=O) groups is 1. The first-order chi connectivity index (χ1) is 11.1. The largest absolute Gasteiger partial charge is 0.425 e. The van der Waals surface area contributed by atoms with Gasteiger partial charge in [-0.3, -0.25) is 4.79 Å². The van der Waals surface area contributed by atoms with Gasteiger partial charge in [0.2, 0.25) is 11.5 Å². The number of rotatable bonds is 5. The maximum absolute atomic E-state index is 13.4. The lowest BCUT2D eigenvalue weighted by atomic mass is 9.84. The summed E-state index contributed by atoms with van der Waals surface area (Å²) in [5, 5.41) is 12.8. The Morgan fingerprint density at radius 1 is 1.42 bits per heavy atom. The van der Waals surface area contributed by atoms with Gasteiger partial charge in [-0.05, 0) is 25.7 Å². The number of nitrogens with zero attached hydrogens (tertiary/aromatic N) is 2. The van der Waals surface area contributed by atoms with Crippen LogP contribution in [0.3, 0.4) is 0 Å². The lowest BCUT2D eigenvalue weighted by Crippen LogP contribution is -2.49. The molecule has 136 valence electrons. The highest BCUT2D eigenvalue weighted by molar-refractivity contribution is 5.77. The summed E-state index contributed by atoms with van der Waals surface area (Å²) in [4.78, 5) is 15.7. The molecular formula is C16H24F3N3O2. The number of halogens is 3. The zero-order valence-corrected chi connectivity index (χ0v) is 13.9.